The van der Waals surface area contributed by atoms with Crippen LogP contribution in [0.2, 0.25) is 0 Å². The Bertz CT molecular complexity index is 841. The Labute approximate surface area is 149 Å². The maximum absolute atomic E-state index is 13.8. The minimum Gasteiger partial charge on any atom is -0.352 e. The maximum Gasteiger partial charge on any atom is 0.264 e. The summed E-state index contributed by atoms with van der Waals surface area (Å²) in [5.74, 6) is -1.18. The standard InChI is InChI=1S/C16H18ClFN2O4S/c1-3-16(10(2)8-19-15(16)22)7-13(20-9-21)11-4-5-12(18)14(6-11)25(17,23)24/h4-6,8-9,13H,3,7H2,1-2H3,(H,19,22)(H,20,21). The first-order valence-corrected chi connectivity index (χ1v) is 9.88. The summed E-state index contributed by atoms with van der Waals surface area (Å²) in [6, 6.07) is 2.72. The molecule has 0 spiro atoms. The lowest BCUT2D eigenvalue weighted by molar-refractivity contribution is -0.128. The zero-order valence-electron chi connectivity index (χ0n) is 13.7. The molecule has 0 bridgehead atoms. The minimum absolute atomic E-state index is 0.197. The van der Waals surface area contributed by atoms with E-state index in [1.54, 1.807) is 13.1 Å². The van der Waals surface area contributed by atoms with Gasteiger partial charge in [-0.2, -0.15) is 0 Å². The Hall–Kier alpha value is -1.93. The molecule has 0 aliphatic carbocycles. The van der Waals surface area contributed by atoms with E-state index in [1.165, 1.54) is 6.07 Å². The lowest BCUT2D eigenvalue weighted by Gasteiger charge is -2.31. The van der Waals surface area contributed by atoms with Crippen LogP contribution >= 0.6 is 10.7 Å². The summed E-state index contributed by atoms with van der Waals surface area (Å²) in [5.41, 5.74) is 0.313. The molecule has 1 heterocycles. The van der Waals surface area contributed by atoms with Gasteiger partial charge in [-0.1, -0.05) is 13.0 Å². The van der Waals surface area contributed by atoms with Gasteiger partial charge in [-0.15, -0.1) is 0 Å². The first-order chi connectivity index (χ1) is 11.7. The van der Waals surface area contributed by atoms with E-state index in [9.17, 15) is 22.4 Å². The number of halogens is 2. The molecule has 0 saturated carbocycles. The SMILES string of the molecule is CCC1(CC(NC=O)c2ccc(F)c(S(=O)(=O)Cl)c2)C(=O)NC=C1C. The fraction of sp³-hybridized carbons (Fsp3) is 0.375. The van der Waals surface area contributed by atoms with Crippen LogP contribution in [0.1, 0.15) is 38.3 Å². The van der Waals surface area contributed by atoms with Crippen LogP contribution < -0.4 is 10.6 Å². The van der Waals surface area contributed by atoms with Crippen LogP contribution in [0.5, 0.6) is 0 Å². The molecule has 25 heavy (non-hydrogen) atoms. The van der Waals surface area contributed by atoms with E-state index in [4.69, 9.17) is 10.7 Å². The second-order valence-corrected chi connectivity index (χ2v) is 8.44. The molecule has 0 saturated heterocycles. The molecule has 0 fully saturated rings. The van der Waals surface area contributed by atoms with Gasteiger partial charge < -0.3 is 10.6 Å². The molecule has 2 atom stereocenters. The molecule has 2 N–H and O–H groups in total. The van der Waals surface area contributed by atoms with Crippen LogP contribution in [0.15, 0.2) is 34.9 Å². The van der Waals surface area contributed by atoms with Crippen molar-refractivity contribution in [1.29, 1.82) is 0 Å². The number of hydrogen-bond acceptors (Lipinski definition) is 4. The Morgan fingerprint density at radius 1 is 1.44 bits per heavy atom. The van der Waals surface area contributed by atoms with Crippen molar-refractivity contribution in [2.45, 2.75) is 37.6 Å². The Balaban J connectivity index is 2.47. The largest absolute Gasteiger partial charge is 0.352 e. The average molecular weight is 389 g/mol. The van der Waals surface area contributed by atoms with Crippen molar-refractivity contribution in [3.63, 3.8) is 0 Å². The van der Waals surface area contributed by atoms with E-state index in [1.807, 2.05) is 6.92 Å². The first kappa shape index (κ1) is 19.4. The molecule has 2 unspecified atom stereocenters. The molecule has 1 aromatic carbocycles. The summed E-state index contributed by atoms with van der Waals surface area (Å²) in [4.78, 5) is 22.7. The first-order valence-electron chi connectivity index (χ1n) is 7.57. The molecule has 0 aromatic heterocycles. The van der Waals surface area contributed by atoms with Crippen molar-refractivity contribution >= 4 is 32.1 Å². The van der Waals surface area contributed by atoms with Crippen molar-refractivity contribution in [1.82, 2.24) is 10.6 Å². The molecule has 2 rings (SSSR count). The quantitative estimate of drug-likeness (QED) is 0.554. The highest BCUT2D eigenvalue weighted by Crippen LogP contribution is 2.42. The normalized spacial score (nSPS) is 21.4. The molecule has 1 aromatic rings. The molecule has 9 heteroatoms. The summed E-state index contributed by atoms with van der Waals surface area (Å²) < 4.78 is 36.8. The summed E-state index contributed by atoms with van der Waals surface area (Å²) in [5, 5.41) is 5.24. The number of carbonyl (C=O) groups is 2. The lowest BCUT2D eigenvalue weighted by atomic mass is 9.73. The summed E-state index contributed by atoms with van der Waals surface area (Å²) in [6.07, 6.45) is 2.76. The molecule has 136 valence electrons. The lowest BCUT2D eigenvalue weighted by Crippen LogP contribution is -2.37. The van der Waals surface area contributed by atoms with E-state index in [0.29, 0.717) is 18.4 Å². The predicted molar refractivity (Wildman–Crippen MR) is 90.6 cm³/mol. The van der Waals surface area contributed by atoms with Crippen molar-refractivity contribution in [2.75, 3.05) is 0 Å². The third kappa shape index (κ3) is 3.69. The zero-order valence-corrected chi connectivity index (χ0v) is 15.2. The molecule has 0 radical (unpaired) electrons. The van der Waals surface area contributed by atoms with Gasteiger partial charge >= 0.3 is 0 Å². The summed E-state index contributed by atoms with van der Waals surface area (Å²) in [6.45, 7) is 3.65. The number of hydrogen-bond donors (Lipinski definition) is 2. The minimum atomic E-state index is -4.28. The molecule has 2 amide bonds. The fourth-order valence-corrected chi connectivity index (χ4v) is 4.03. The molecule has 6 nitrogen and oxygen atoms in total. The van der Waals surface area contributed by atoms with Crippen LogP contribution in [0, 0.1) is 11.2 Å². The van der Waals surface area contributed by atoms with Gasteiger partial charge in [0.25, 0.3) is 9.05 Å². The van der Waals surface area contributed by atoms with Crippen molar-refractivity contribution < 1.29 is 22.4 Å². The van der Waals surface area contributed by atoms with Crippen molar-refractivity contribution in [3.05, 3.63) is 41.4 Å². The summed E-state index contributed by atoms with van der Waals surface area (Å²) >= 11 is 0. The van der Waals surface area contributed by atoms with Crippen molar-refractivity contribution in [2.24, 2.45) is 5.41 Å². The Morgan fingerprint density at radius 2 is 2.12 bits per heavy atom. The van der Waals surface area contributed by atoms with Crippen LogP contribution in [-0.4, -0.2) is 20.7 Å². The number of rotatable bonds is 7. The number of carbonyl (C=O) groups excluding carboxylic acids is 2. The fourth-order valence-electron chi connectivity index (χ4n) is 3.09. The van der Waals surface area contributed by atoms with Gasteiger partial charge in [0.05, 0.1) is 11.5 Å². The molecular formula is C16H18ClFN2O4S. The number of benzene rings is 1. The predicted octanol–water partition coefficient (Wildman–Crippen LogP) is 2.36. The third-order valence-electron chi connectivity index (χ3n) is 4.65. The number of amides is 2. The van der Waals surface area contributed by atoms with E-state index in [0.717, 1.165) is 17.7 Å². The Kier molecular flexibility index (Phi) is 5.53. The number of nitrogens with one attached hydrogen (secondary N) is 2. The van der Waals surface area contributed by atoms with Gasteiger partial charge in [-0.25, -0.2) is 12.8 Å². The third-order valence-corrected chi connectivity index (χ3v) is 5.99. The average Bonchev–Trinajstić information content (AvgIpc) is 2.82. The topological polar surface area (TPSA) is 92.3 Å². The maximum atomic E-state index is 13.8. The van der Waals surface area contributed by atoms with Crippen LogP contribution in [-0.2, 0) is 18.6 Å². The zero-order chi connectivity index (χ0) is 18.8. The van der Waals surface area contributed by atoms with E-state index >= 15 is 0 Å². The van der Waals surface area contributed by atoms with Gasteiger partial charge in [0, 0.05) is 16.9 Å². The van der Waals surface area contributed by atoms with Crippen molar-refractivity contribution in [3.8, 4) is 0 Å². The van der Waals surface area contributed by atoms with E-state index in [-0.39, 0.29) is 12.3 Å². The van der Waals surface area contributed by atoms with Gasteiger partial charge in [0.2, 0.25) is 12.3 Å². The van der Waals surface area contributed by atoms with Gasteiger partial charge in [-0.3, -0.25) is 9.59 Å². The second kappa shape index (κ2) is 7.13. The van der Waals surface area contributed by atoms with Gasteiger partial charge in [-0.05, 0) is 43.0 Å². The monoisotopic (exact) mass is 388 g/mol. The molecule has 1 aliphatic rings. The smallest absolute Gasteiger partial charge is 0.264 e. The van der Waals surface area contributed by atoms with Crippen LogP contribution in [0.4, 0.5) is 4.39 Å². The van der Waals surface area contributed by atoms with Gasteiger partial charge in [0.15, 0.2) is 0 Å². The highest BCUT2D eigenvalue weighted by atomic mass is 35.7. The van der Waals surface area contributed by atoms with Crippen LogP contribution in [0.3, 0.4) is 0 Å². The highest BCUT2D eigenvalue weighted by Gasteiger charge is 2.43. The highest BCUT2D eigenvalue weighted by molar-refractivity contribution is 8.13. The molecular weight excluding hydrogens is 371 g/mol. The second-order valence-electron chi connectivity index (χ2n) is 5.91. The van der Waals surface area contributed by atoms with E-state index in [2.05, 4.69) is 10.6 Å². The van der Waals surface area contributed by atoms with E-state index < -0.39 is 31.2 Å². The van der Waals surface area contributed by atoms with Crippen LogP contribution in [0.25, 0.3) is 0 Å². The van der Waals surface area contributed by atoms with Gasteiger partial charge in [0.1, 0.15) is 10.7 Å². The summed E-state index contributed by atoms with van der Waals surface area (Å²) in [7, 11) is 0.974. The Morgan fingerprint density at radius 3 is 2.60 bits per heavy atom. The molecule has 1 aliphatic heterocycles.